The largest absolute Gasteiger partial charge is 0.478 e. The van der Waals surface area contributed by atoms with Crippen LogP contribution in [0.2, 0.25) is 0 Å². The topological polar surface area (TPSA) is 94.2 Å². The summed E-state index contributed by atoms with van der Waals surface area (Å²) < 4.78 is 2.51. The summed E-state index contributed by atoms with van der Waals surface area (Å²) in [7, 11) is 0. The van der Waals surface area contributed by atoms with Crippen molar-refractivity contribution in [1.29, 1.82) is 0 Å². The second-order valence-electron chi connectivity index (χ2n) is 8.55. The Bertz CT molecular complexity index is 1160. The fourth-order valence-electron chi connectivity index (χ4n) is 3.47. The van der Waals surface area contributed by atoms with E-state index in [4.69, 9.17) is 0 Å². The van der Waals surface area contributed by atoms with Gasteiger partial charge in [0, 0.05) is 11.8 Å². The van der Waals surface area contributed by atoms with Crippen LogP contribution in [0.5, 0.6) is 0 Å². The minimum Gasteiger partial charge on any atom is -0.478 e. The number of rotatable bonds is 6. The van der Waals surface area contributed by atoms with Gasteiger partial charge in [0.2, 0.25) is 0 Å². The van der Waals surface area contributed by atoms with E-state index in [1.54, 1.807) is 24.3 Å². The Morgan fingerprint density at radius 1 is 1.03 bits per heavy atom. The van der Waals surface area contributed by atoms with Crippen LogP contribution in [0.3, 0.4) is 0 Å². The molecule has 0 bridgehead atoms. The molecule has 31 heavy (non-hydrogen) atoms. The zero-order chi connectivity index (χ0) is 22.8. The van der Waals surface area contributed by atoms with Gasteiger partial charge in [-0.2, -0.15) is 0 Å². The summed E-state index contributed by atoms with van der Waals surface area (Å²) in [6, 6.07) is 14.2. The van der Waals surface area contributed by atoms with Crippen LogP contribution in [0.25, 0.3) is 11.1 Å². The Labute approximate surface area is 181 Å². The van der Waals surface area contributed by atoms with Crippen LogP contribution >= 0.6 is 0 Å². The van der Waals surface area contributed by atoms with E-state index in [1.165, 1.54) is 4.57 Å². The molecule has 7 heteroatoms. The van der Waals surface area contributed by atoms with Crippen molar-refractivity contribution >= 4 is 11.9 Å². The summed E-state index contributed by atoms with van der Waals surface area (Å²) in [5, 5.41) is 13.8. The molecule has 3 aromatic rings. The number of benzene rings is 2. The van der Waals surface area contributed by atoms with Crippen LogP contribution in [-0.4, -0.2) is 31.3 Å². The molecule has 162 valence electrons. The summed E-state index contributed by atoms with van der Waals surface area (Å²) in [4.78, 5) is 36.8. The highest BCUT2D eigenvalue weighted by Crippen LogP contribution is 2.25. The maximum absolute atomic E-state index is 12.9. The standard InChI is InChI=1S/C24H27N3O4/c1-5-8-20(28)27-23(31)26(22(25-27)24(2,3)4)15-16-11-13-17(14-12-16)18-9-6-7-10-19(18)21(29)30/h6-7,9-14H,5,8,15H2,1-4H3,(H,29,30). The van der Waals surface area contributed by atoms with Crippen molar-refractivity contribution in [2.45, 2.75) is 52.5 Å². The molecule has 0 unspecified atom stereocenters. The van der Waals surface area contributed by atoms with Gasteiger partial charge in [-0.05, 0) is 29.2 Å². The first-order valence-corrected chi connectivity index (χ1v) is 10.3. The van der Waals surface area contributed by atoms with Crippen LogP contribution in [0.1, 0.15) is 67.1 Å². The number of carbonyl (C=O) groups is 2. The van der Waals surface area contributed by atoms with E-state index < -0.39 is 17.1 Å². The summed E-state index contributed by atoms with van der Waals surface area (Å²) in [6.07, 6.45) is 0.903. The van der Waals surface area contributed by atoms with Crippen LogP contribution in [-0.2, 0) is 12.0 Å². The normalized spacial score (nSPS) is 11.5. The molecule has 0 saturated heterocycles. The number of carbonyl (C=O) groups excluding carboxylic acids is 1. The van der Waals surface area contributed by atoms with Gasteiger partial charge in [-0.25, -0.2) is 9.59 Å². The highest BCUT2D eigenvalue weighted by molar-refractivity contribution is 5.96. The maximum Gasteiger partial charge on any atom is 0.353 e. The lowest BCUT2D eigenvalue weighted by Crippen LogP contribution is -2.31. The lowest BCUT2D eigenvalue weighted by molar-refractivity contribution is 0.0697. The number of aromatic carboxylic acids is 1. The zero-order valence-corrected chi connectivity index (χ0v) is 18.3. The molecule has 0 aliphatic carbocycles. The van der Waals surface area contributed by atoms with Crippen LogP contribution in [0, 0.1) is 0 Å². The predicted octanol–water partition coefficient (Wildman–Crippen LogP) is 4.20. The molecule has 3 rings (SSSR count). The minimum atomic E-state index is -0.981. The number of nitrogens with zero attached hydrogens (tertiary/aromatic N) is 3. The van der Waals surface area contributed by atoms with Crippen molar-refractivity contribution in [1.82, 2.24) is 14.3 Å². The first-order valence-electron chi connectivity index (χ1n) is 10.3. The molecular formula is C24H27N3O4. The van der Waals surface area contributed by atoms with E-state index in [1.807, 2.05) is 52.0 Å². The SMILES string of the molecule is CCCC(=O)n1nc(C(C)(C)C)n(Cc2ccc(-c3ccccc3C(=O)O)cc2)c1=O. The van der Waals surface area contributed by atoms with Gasteiger partial charge in [-0.15, -0.1) is 9.78 Å². The molecule has 0 aliphatic rings. The number of carboxylic acids is 1. The highest BCUT2D eigenvalue weighted by atomic mass is 16.4. The highest BCUT2D eigenvalue weighted by Gasteiger charge is 2.26. The van der Waals surface area contributed by atoms with Gasteiger partial charge in [0.05, 0.1) is 12.1 Å². The third-order valence-corrected chi connectivity index (χ3v) is 5.00. The zero-order valence-electron chi connectivity index (χ0n) is 18.3. The van der Waals surface area contributed by atoms with E-state index >= 15 is 0 Å². The monoisotopic (exact) mass is 421 g/mol. The van der Waals surface area contributed by atoms with Crippen molar-refractivity contribution in [3.05, 3.63) is 76.0 Å². The summed E-state index contributed by atoms with van der Waals surface area (Å²) >= 11 is 0. The second kappa shape index (κ2) is 8.71. The van der Waals surface area contributed by atoms with Crippen molar-refractivity contribution in [2.24, 2.45) is 0 Å². The lowest BCUT2D eigenvalue weighted by Gasteiger charge is -2.18. The first-order chi connectivity index (χ1) is 14.6. The molecule has 1 aromatic heterocycles. The van der Waals surface area contributed by atoms with Crippen molar-refractivity contribution < 1.29 is 14.7 Å². The summed E-state index contributed by atoms with van der Waals surface area (Å²) in [5.74, 6) is -0.746. The average Bonchev–Trinajstić information content (AvgIpc) is 3.05. The molecule has 1 N–H and O–H groups in total. The molecule has 0 fully saturated rings. The van der Waals surface area contributed by atoms with E-state index in [2.05, 4.69) is 5.10 Å². The lowest BCUT2D eigenvalue weighted by atomic mass is 9.95. The molecule has 0 spiro atoms. The smallest absolute Gasteiger partial charge is 0.353 e. The molecule has 0 atom stereocenters. The Balaban J connectivity index is 1.97. The third kappa shape index (κ3) is 4.66. The van der Waals surface area contributed by atoms with Gasteiger partial charge >= 0.3 is 11.7 Å². The summed E-state index contributed by atoms with van der Waals surface area (Å²) in [6.45, 7) is 8.00. The van der Waals surface area contributed by atoms with Gasteiger partial charge in [-0.3, -0.25) is 9.36 Å². The van der Waals surface area contributed by atoms with Crippen LogP contribution in [0.4, 0.5) is 0 Å². The van der Waals surface area contributed by atoms with Gasteiger partial charge in [0.15, 0.2) is 0 Å². The molecule has 0 amide bonds. The molecule has 2 aromatic carbocycles. The molecular weight excluding hydrogens is 394 g/mol. The number of carboxylic acid groups (broad SMARTS) is 1. The number of hydrogen-bond acceptors (Lipinski definition) is 4. The Morgan fingerprint density at radius 2 is 1.68 bits per heavy atom. The average molecular weight is 421 g/mol. The summed E-state index contributed by atoms with van der Waals surface area (Å²) in [5.41, 5.74) is 1.63. The first kappa shape index (κ1) is 22.2. The van der Waals surface area contributed by atoms with Crippen LogP contribution in [0.15, 0.2) is 53.3 Å². The predicted molar refractivity (Wildman–Crippen MR) is 119 cm³/mol. The van der Waals surface area contributed by atoms with E-state index in [-0.39, 0.29) is 24.4 Å². The van der Waals surface area contributed by atoms with E-state index in [0.29, 0.717) is 17.8 Å². The van der Waals surface area contributed by atoms with E-state index in [0.717, 1.165) is 15.8 Å². The third-order valence-electron chi connectivity index (χ3n) is 5.00. The molecule has 7 nitrogen and oxygen atoms in total. The van der Waals surface area contributed by atoms with Gasteiger partial charge < -0.3 is 5.11 Å². The Morgan fingerprint density at radius 3 is 2.26 bits per heavy atom. The molecule has 0 saturated carbocycles. The molecule has 0 aliphatic heterocycles. The van der Waals surface area contributed by atoms with Crippen molar-refractivity contribution in [3.63, 3.8) is 0 Å². The molecule has 0 radical (unpaired) electrons. The fourth-order valence-corrected chi connectivity index (χ4v) is 3.47. The van der Waals surface area contributed by atoms with Crippen LogP contribution < -0.4 is 5.69 Å². The minimum absolute atomic E-state index is 0.234. The molecule has 1 heterocycles. The Hall–Kier alpha value is -3.48. The van der Waals surface area contributed by atoms with Crippen molar-refractivity contribution in [3.8, 4) is 11.1 Å². The van der Waals surface area contributed by atoms with Gasteiger partial charge in [-0.1, -0.05) is 70.2 Å². The van der Waals surface area contributed by atoms with E-state index in [9.17, 15) is 19.5 Å². The Kier molecular flexibility index (Phi) is 6.24. The van der Waals surface area contributed by atoms with Crippen molar-refractivity contribution in [2.75, 3.05) is 0 Å². The maximum atomic E-state index is 12.9. The van der Waals surface area contributed by atoms with Gasteiger partial charge in [0.1, 0.15) is 5.82 Å². The fraction of sp³-hybridized carbons (Fsp3) is 0.333. The number of hydrogen-bond donors (Lipinski definition) is 1. The van der Waals surface area contributed by atoms with Gasteiger partial charge in [0.25, 0.3) is 5.91 Å². The quantitative estimate of drug-likeness (QED) is 0.644. The second-order valence-corrected chi connectivity index (χ2v) is 8.55. The number of aromatic nitrogens is 3.